The Balaban J connectivity index is 1.56. The molecule has 4 rings (SSSR count). The van der Waals surface area contributed by atoms with Crippen LogP contribution in [0.15, 0.2) is 30.5 Å². The first-order valence-electron chi connectivity index (χ1n) is 9.11. The lowest BCUT2D eigenvalue weighted by Gasteiger charge is -2.38. The highest BCUT2D eigenvalue weighted by Gasteiger charge is 2.35. The third-order valence-corrected chi connectivity index (χ3v) is 5.93. The van der Waals surface area contributed by atoms with Crippen LogP contribution in [0.5, 0.6) is 0 Å². The van der Waals surface area contributed by atoms with Crippen LogP contribution in [0, 0.1) is 3.57 Å². The molecule has 2 fully saturated rings. The Labute approximate surface area is 171 Å². The SMILES string of the molecule is C[C@@H]1CN(c2ccc(I)c3ncccc23)C[C@H](C(=O)NC2CNC[C@@H]2F)O1. The zero-order chi connectivity index (χ0) is 19.0. The molecule has 3 heterocycles. The van der Waals surface area contributed by atoms with Crippen LogP contribution in [0.4, 0.5) is 10.1 Å². The van der Waals surface area contributed by atoms with E-state index in [0.29, 0.717) is 19.6 Å². The van der Waals surface area contributed by atoms with Gasteiger partial charge in [0, 0.05) is 40.5 Å². The molecule has 0 bridgehead atoms. The first-order chi connectivity index (χ1) is 13.0. The first kappa shape index (κ1) is 18.8. The van der Waals surface area contributed by atoms with Gasteiger partial charge in [-0.05, 0) is 53.8 Å². The number of halogens is 2. The topological polar surface area (TPSA) is 66.5 Å². The number of alkyl halides is 1. The number of anilines is 1. The maximum atomic E-state index is 13.8. The summed E-state index contributed by atoms with van der Waals surface area (Å²) in [4.78, 5) is 19.3. The van der Waals surface area contributed by atoms with Crippen molar-refractivity contribution in [3.8, 4) is 0 Å². The van der Waals surface area contributed by atoms with Gasteiger partial charge in [-0.1, -0.05) is 0 Å². The molecule has 1 aromatic heterocycles. The lowest BCUT2D eigenvalue weighted by Crippen LogP contribution is -2.55. The zero-order valence-corrected chi connectivity index (χ0v) is 17.1. The van der Waals surface area contributed by atoms with Gasteiger partial charge in [0.25, 0.3) is 5.91 Å². The van der Waals surface area contributed by atoms with Crippen molar-refractivity contribution in [2.24, 2.45) is 0 Å². The standard InChI is InChI=1S/C19H22FIN4O2/c1-11-9-25(16-5-4-14(21)18-12(16)3-2-6-23-18)10-17(27-11)19(26)24-15-8-22-7-13(15)20/h2-6,11,13,15,17,22H,7-10H2,1H3,(H,24,26)/t11-,13+,15?,17-/m1/s1. The van der Waals surface area contributed by atoms with Crippen LogP contribution in [0.2, 0.25) is 0 Å². The van der Waals surface area contributed by atoms with E-state index in [9.17, 15) is 9.18 Å². The Kier molecular flexibility index (Phi) is 5.47. The highest BCUT2D eigenvalue weighted by molar-refractivity contribution is 14.1. The number of carbonyl (C=O) groups excluding carboxylic acids is 1. The fourth-order valence-corrected chi connectivity index (χ4v) is 4.37. The van der Waals surface area contributed by atoms with Crippen LogP contribution < -0.4 is 15.5 Å². The van der Waals surface area contributed by atoms with Crippen LogP contribution in [0.25, 0.3) is 10.9 Å². The number of ether oxygens (including phenoxy) is 1. The van der Waals surface area contributed by atoms with Crippen LogP contribution in [-0.4, -0.2) is 61.5 Å². The predicted molar refractivity (Wildman–Crippen MR) is 111 cm³/mol. The second kappa shape index (κ2) is 7.84. The molecule has 2 N–H and O–H groups in total. The number of fused-ring (bicyclic) bond motifs is 1. The summed E-state index contributed by atoms with van der Waals surface area (Å²) in [6, 6.07) is 7.59. The monoisotopic (exact) mass is 484 g/mol. The maximum absolute atomic E-state index is 13.8. The van der Waals surface area contributed by atoms with Crippen molar-refractivity contribution < 1.29 is 13.9 Å². The molecule has 1 aromatic carbocycles. The minimum Gasteiger partial charge on any atom is -0.365 e. The molecule has 2 aliphatic rings. The molecule has 27 heavy (non-hydrogen) atoms. The summed E-state index contributed by atoms with van der Waals surface area (Å²) in [5, 5.41) is 6.80. The van der Waals surface area contributed by atoms with Gasteiger partial charge >= 0.3 is 0 Å². The Morgan fingerprint density at radius 1 is 1.37 bits per heavy atom. The molecule has 1 unspecified atom stereocenters. The number of rotatable bonds is 3. The number of nitrogens with one attached hydrogen (secondary N) is 2. The molecule has 1 amide bonds. The number of hydrogen-bond donors (Lipinski definition) is 2. The quantitative estimate of drug-likeness (QED) is 0.652. The van der Waals surface area contributed by atoms with E-state index >= 15 is 0 Å². The third-order valence-electron chi connectivity index (χ3n) is 5.06. The van der Waals surface area contributed by atoms with E-state index in [4.69, 9.17) is 4.74 Å². The smallest absolute Gasteiger partial charge is 0.251 e. The largest absolute Gasteiger partial charge is 0.365 e. The van der Waals surface area contributed by atoms with Crippen molar-refractivity contribution in [3.05, 3.63) is 34.0 Å². The Bertz CT molecular complexity index is 852. The fourth-order valence-electron chi connectivity index (χ4n) is 3.76. The van der Waals surface area contributed by atoms with Crippen molar-refractivity contribution in [2.75, 3.05) is 31.1 Å². The molecule has 0 saturated carbocycles. The van der Waals surface area contributed by atoms with Crippen LogP contribution >= 0.6 is 22.6 Å². The number of pyridine rings is 1. The molecule has 8 heteroatoms. The normalized spacial score (nSPS) is 28.5. The summed E-state index contributed by atoms with van der Waals surface area (Å²) in [5.74, 6) is -0.254. The Hall–Kier alpha value is -1.52. The molecule has 144 valence electrons. The molecule has 2 saturated heterocycles. The average Bonchev–Trinajstić information content (AvgIpc) is 3.06. The summed E-state index contributed by atoms with van der Waals surface area (Å²) >= 11 is 2.28. The number of morpholine rings is 1. The number of carbonyl (C=O) groups is 1. The molecule has 4 atom stereocenters. The highest BCUT2D eigenvalue weighted by atomic mass is 127. The number of hydrogen-bond acceptors (Lipinski definition) is 5. The van der Waals surface area contributed by atoms with E-state index in [2.05, 4.69) is 49.2 Å². The van der Waals surface area contributed by atoms with Crippen LogP contribution in [0.3, 0.4) is 0 Å². The van der Waals surface area contributed by atoms with Crippen molar-refractivity contribution in [1.29, 1.82) is 0 Å². The van der Waals surface area contributed by atoms with Gasteiger partial charge < -0.3 is 20.3 Å². The van der Waals surface area contributed by atoms with E-state index in [1.807, 2.05) is 25.1 Å². The molecular weight excluding hydrogens is 462 g/mol. The lowest BCUT2D eigenvalue weighted by atomic mass is 10.1. The third kappa shape index (κ3) is 3.88. The highest BCUT2D eigenvalue weighted by Crippen LogP contribution is 2.31. The Morgan fingerprint density at radius 3 is 3.00 bits per heavy atom. The number of benzene rings is 1. The number of amides is 1. The molecule has 6 nitrogen and oxygen atoms in total. The molecular formula is C19H22FIN4O2. The first-order valence-corrected chi connectivity index (χ1v) is 10.2. The van der Waals surface area contributed by atoms with Crippen LogP contribution in [-0.2, 0) is 9.53 Å². The minimum atomic E-state index is -1.06. The van der Waals surface area contributed by atoms with E-state index in [1.54, 1.807) is 6.20 Å². The second-order valence-electron chi connectivity index (χ2n) is 7.10. The van der Waals surface area contributed by atoms with Gasteiger partial charge in [0.1, 0.15) is 6.17 Å². The summed E-state index contributed by atoms with van der Waals surface area (Å²) in [7, 11) is 0. The van der Waals surface area contributed by atoms with Gasteiger partial charge in [-0.3, -0.25) is 9.78 Å². The summed E-state index contributed by atoms with van der Waals surface area (Å²) in [5.41, 5.74) is 1.99. The second-order valence-corrected chi connectivity index (χ2v) is 8.26. The van der Waals surface area contributed by atoms with Gasteiger partial charge in [-0.2, -0.15) is 0 Å². The Morgan fingerprint density at radius 2 is 2.22 bits per heavy atom. The van der Waals surface area contributed by atoms with Gasteiger partial charge in [0.15, 0.2) is 6.10 Å². The zero-order valence-electron chi connectivity index (χ0n) is 15.0. The minimum absolute atomic E-state index is 0.108. The summed E-state index contributed by atoms with van der Waals surface area (Å²) in [6.45, 7) is 3.80. The van der Waals surface area contributed by atoms with E-state index < -0.39 is 18.3 Å². The number of nitrogens with zero attached hydrogens (tertiary/aromatic N) is 2. The lowest BCUT2D eigenvalue weighted by molar-refractivity contribution is -0.138. The van der Waals surface area contributed by atoms with Crippen molar-refractivity contribution >= 4 is 45.1 Å². The summed E-state index contributed by atoms with van der Waals surface area (Å²) < 4.78 is 20.8. The predicted octanol–water partition coefficient (Wildman–Crippen LogP) is 1.86. The molecule has 0 radical (unpaired) electrons. The van der Waals surface area contributed by atoms with Gasteiger partial charge in [0.2, 0.25) is 0 Å². The van der Waals surface area contributed by atoms with Gasteiger partial charge in [-0.15, -0.1) is 0 Å². The molecule has 2 aromatic rings. The summed E-state index contributed by atoms with van der Waals surface area (Å²) in [6.07, 6.45) is -0.0108. The molecule has 0 aliphatic carbocycles. The van der Waals surface area contributed by atoms with Crippen molar-refractivity contribution in [1.82, 2.24) is 15.6 Å². The van der Waals surface area contributed by atoms with E-state index in [0.717, 1.165) is 20.2 Å². The van der Waals surface area contributed by atoms with Crippen molar-refractivity contribution in [3.63, 3.8) is 0 Å². The van der Waals surface area contributed by atoms with Gasteiger partial charge in [0.05, 0.1) is 24.2 Å². The fraction of sp³-hybridized carbons (Fsp3) is 0.474. The van der Waals surface area contributed by atoms with E-state index in [-0.39, 0.29) is 18.6 Å². The van der Waals surface area contributed by atoms with E-state index in [1.165, 1.54) is 0 Å². The van der Waals surface area contributed by atoms with Crippen molar-refractivity contribution in [2.45, 2.75) is 31.3 Å². The molecule has 0 spiro atoms. The van der Waals surface area contributed by atoms with Crippen LogP contribution in [0.1, 0.15) is 6.92 Å². The number of aromatic nitrogens is 1. The maximum Gasteiger partial charge on any atom is 0.251 e. The van der Waals surface area contributed by atoms with Gasteiger partial charge in [-0.25, -0.2) is 4.39 Å². The molecule has 2 aliphatic heterocycles. The average molecular weight is 484 g/mol.